The first kappa shape index (κ1) is 13.0. The summed E-state index contributed by atoms with van der Waals surface area (Å²) in [5.41, 5.74) is 6.41. The molecule has 90 valence electrons. The average molecular weight is 225 g/mol. The molecule has 0 heterocycles. The third kappa shape index (κ3) is 2.95. The van der Waals surface area contributed by atoms with Crippen LogP contribution in [0, 0.1) is 5.82 Å². The van der Waals surface area contributed by atoms with Gasteiger partial charge in [0.2, 0.25) is 0 Å². The first-order valence-corrected chi connectivity index (χ1v) is 5.64. The van der Waals surface area contributed by atoms with E-state index >= 15 is 0 Å². The topological polar surface area (TPSA) is 35.2 Å². The van der Waals surface area contributed by atoms with Crippen LogP contribution >= 0.6 is 0 Å². The number of ether oxygens (including phenoxy) is 1. The first-order chi connectivity index (χ1) is 7.51. The summed E-state index contributed by atoms with van der Waals surface area (Å²) >= 11 is 0. The maximum absolute atomic E-state index is 13.7. The van der Waals surface area contributed by atoms with Crippen molar-refractivity contribution in [3.05, 3.63) is 29.6 Å². The highest BCUT2D eigenvalue weighted by Gasteiger charge is 2.20. The minimum absolute atomic E-state index is 0.0969. The maximum Gasteiger partial charge on any atom is 0.165 e. The van der Waals surface area contributed by atoms with Crippen molar-refractivity contribution in [3.8, 4) is 5.75 Å². The Morgan fingerprint density at radius 1 is 1.38 bits per heavy atom. The van der Waals surface area contributed by atoms with Gasteiger partial charge in [0.1, 0.15) is 0 Å². The van der Waals surface area contributed by atoms with Crippen molar-refractivity contribution >= 4 is 0 Å². The largest absolute Gasteiger partial charge is 0.491 e. The maximum atomic E-state index is 13.7. The van der Waals surface area contributed by atoms with Gasteiger partial charge in [-0.05, 0) is 43.0 Å². The standard InChI is InChI=1S/C13H20FNO/c1-4-16-12-6-5-10(9-11(12)14)13(2,3)7-8-15/h5-6,9H,4,7-8,15H2,1-3H3. The molecule has 0 aliphatic heterocycles. The number of nitrogens with two attached hydrogens (primary N) is 1. The van der Waals surface area contributed by atoms with Crippen molar-refractivity contribution in [2.45, 2.75) is 32.6 Å². The molecule has 0 radical (unpaired) electrons. The van der Waals surface area contributed by atoms with Crippen LogP contribution < -0.4 is 10.5 Å². The Morgan fingerprint density at radius 2 is 2.06 bits per heavy atom. The number of hydrogen-bond acceptors (Lipinski definition) is 2. The molecule has 0 atom stereocenters. The van der Waals surface area contributed by atoms with Crippen LogP contribution in [0.5, 0.6) is 5.75 Å². The zero-order chi connectivity index (χ0) is 12.2. The molecule has 2 nitrogen and oxygen atoms in total. The van der Waals surface area contributed by atoms with Gasteiger partial charge in [0.25, 0.3) is 0 Å². The van der Waals surface area contributed by atoms with Gasteiger partial charge in [-0.2, -0.15) is 0 Å². The second-order valence-corrected chi connectivity index (χ2v) is 4.50. The smallest absolute Gasteiger partial charge is 0.165 e. The van der Waals surface area contributed by atoms with E-state index in [2.05, 4.69) is 13.8 Å². The molecule has 0 saturated heterocycles. The fourth-order valence-corrected chi connectivity index (χ4v) is 1.70. The Kier molecular flexibility index (Phi) is 4.30. The van der Waals surface area contributed by atoms with Crippen LogP contribution in [0.25, 0.3) is 0 Å². The minimum atomic E-state index is -0.301. The summed E-state index contributed by atoms with van der Waals surface area (Å²) in [5.74, 6) is 0.0132. The van der Waals surface area contributed by atoms with Gasteiger partial charge in [0.05, 0.1) is 6.61 Å². The molecular formula is C13H20FNO. The molecule has 0 unspecified atom stereocenters. The predicted octanol–water partition coefficient (Wildman–Crippen LogP) is 2.85. The number of benzene rings is 1. The third-order valence-electron chi connectivity index (χ3n) is 2.78. The van der Waals surface area contributed by atoms with Crippen LogP contribution in [0.4, 0.5) is 4.39 Å². The van der Waals surface area contributed by atoms with Crippen LogP contribution in [0.3, 0.4) is 0 Å². The van der Waals surface area contributed by atoms with Crippen LogP contribution in [0.2, 0.25) is 0 Å². The lowest BCUT2D eigenvalue weighted by Crippen LogP contribution is -2.21. The molecule has 3 heteroatoms. The van der Waals surface area contributed by atoms with Crippen LogP contribution in [-0.4, -0.2) is 13.2 Å². The molecule has 1 aromatic carbocycles. The van der Waals surface area contributed by atoms with E-state index in [1.54, 1.807) is 12.1 Å². The second-order valence-electron chi connectivity index (χ2n) is 4.50. The Morgan fingerprint density at radius 3 is 2.56 bits per heavy atom. The van der Waals surface area contributed by atoms with Gasteiger partial charge in [-0.3, -0.25) is 0 Å². The number of rotatable bonds is 5. The summed E-state index contributed by atoms with van der Waals surface area (Å²) in [7, 11) is 0. The van der Waals surface area contributed by atoms with Crippen molar-refractivity contribution in [3.63, 3.8) is 0 Å². The molecule has 0 amide bonds. The molecule has 16 heavy (non-hydrogen) atoms. The van der Waals surface area contributed by atoms with Crippen LogP contribution in [0.15, 0.2) is 18.2 Å². The lowest BCUT2D eigenvalue weighted by atomic mass is 9.81. The zero-order valence-electron chi connectivity index (χ0n) is 10.2. The van der Waals surface area contributed by atoms with Crippen molar-refractivity contribution in [2.24, 2.45) is 5.73 Å². The molecule has 0 aliphatic rings. The summed E-state index contributed by atoms with van der Waals surface area (Å²) in [6.45, 7) is 7.04. The van der Waals surface area contributed by atoms with Crippen LogP contribution in [0.1, 0.15) is 32.8 Å². The van der Waals surface area contributed by atoms with Gasteiger partial charge >= 0.3 is 0 Å². The predicted molar refractivity (Wildman–Crippen MR) is 64.3 cm³/mol. The van der Waals surface area contributed by atoms with Crippen molar-refractivity contribution in [2.75, 3.05) is 13.2 Å². The highest BCUT2D eigenvalue weighted by Crippen LogP contribution is 2.29. The van der Waals surface area contributed by atoms with Gasteiger partial charge in [0.15, 0.2) is 11.6 Å². The van der Waals surface area contributed by atoms with Gasteiger partial charge in [-0.25, -0.2) is 4.39 Å². The Labute approximate surface area is 96.6 Å². The Hall–Kier alpha value is -1.09. The highest BCUT2D eigenvalue weighted by molar-refractivity contribution is 5.33. The average Bonchev–Trinajstić information content (AvgIpc) is 2.21. The normalized spacial score (nSPS) is 11.6. The van der Waals surface area contributed by atoms with E-state index in [-0.39, 0.29) is 11.2 Å². The molecule has 0 fully saturated rings. The van der Waals surface area contributed by atoms with E-state index in [1.165, 1.54) is 0 Å². The van der Waals surface area contributed by atoms with E-state index < -0.39 is 0 Å². The third-order valence-corrected chi connectivity index (χ3v) is 2.78. The lowest BCUT2D eigenvalue weighted by Gasteiger charge is -2.24. The van der Waals surface area contributed by atoms with Crippen molar-refractivity contribution < 1.29 is 9.13 Å². The van der Waals surface area contributed by atoms with E-state index in [4.69, 9.17) is 10.5 Å². The SMILES string of the molecule is CCOc1ccc(C(C)(C)CCN)cc1F. The van der Waals surface area contributed by atoms with E-state index in [1.807, 2.05) is 13.0 Å². The summed E-state index contributed by atoms with van der Waals surface area (Å²) in [6, 6.07) is 5.14. The molecule has 1 rings (SSSR count). The minimum Gasteiger partial charge on any atom is -0.491 e. The number of halogens is 1. The van der Waals surface area contributed by atoms with Crippen molar-refractivity contribution in [1.82, 2.24) is 0 Å². The van der Waals surface area contributed by atoms with Crippen LogP contribution in [-0.2, 0) is 5.41 Å². The van der Waals surface area contributed by atoms with Gasteiger partial charge in [-0.1, -0.05) is 19.9 Å². The molecule has 0 bridgehead atoms. The van der Waals surface area contributed by atoms with Gasteiger partial charge in [-0.15, -0.1) is 0 Å². The molecule has 0 saturated carbocycles. The molecule has 0 aliphatic carbocycles. The molecule has 0 aromatic heterocycles. The molecule has 0 spiro atoms. The molecular weight excluding hydrogens is 205 g/mol. The summed E-state index contributed by atoms with van der Waals surface area (Å²) in [4.78, 5) is 0. The fraction of sp³-hybridized carbons (Fsp3) is 0.538. The summed E-state index contributed by atoms with van der Waals surface area (Å²) in [5, 5.41) is 0. The molecule has 1 aromatic rings. The van der Waals surface area contributed by atoms with Crippen molar-refractivity contribution in [1.29, 1.82) is 0 Å². The highest BCUT2D eigenvalue weighted by atomic mass is 19.1. The quantitative estimate of drug-likeness (QED) is 0.836. The summed E-state index contributed by atoms with van der Waals surface area (Å²) in [6.07, 6.45) is 0.834. The number of hydrogen-bond donors (Lipinski definition) is 1. The zero-order valence-corrected chi connectivity index (χ0v) is 10.2. The monoisotopic (exact) mass is 225 g/mol. The summed E-state index contributed by atoms with van der Waals surface area (Å²) < 4.78 is 18.8. The van der Waals surface area contributed by atoms with E-state index in [0.717, 1.165) is 12.0 Å². The van der Waals surface area contributed by atoms with Gasteiger partial charge < -0.3 is 10.5 Å². The first-order valence-electron chi connectivity index (χ1n) is 5.64. The van der Waals surface area contributed by atoms with Gasteiger partial charge in [0, 0.05) is 0 Å². The second kappa shape index (κ2) is 5.30. The fourth-order valence-electron chi connectivity index (χ4n) is 1.70. The Bertz CT molecular complexity index is 350. The molecule has 2 N–H and O–H groups in total. The lowest BCUT2D eigenvalue weighted by molar-refractivity contribution is 0.320. The van der Waals surface area contributed by atoms with E-state index in [9.17, 15) is 4.39 Å². The van der Waals surface area contributed by atoms with E-state index in [0.29, 0.717) is 18.9 Å². The Balaban J connectivity index is 2.96.